The van der Waals surface area contributed by atoms with Crippen LogP contribution in [0.4, 0.5) is 5.69 Å². The van der Waals surface area contributed by atoms with Crippen molar-refractivity contribution in [2.75, 3.05) is 25.0 Å². The molecule has 1 aliphatic heterocycles. The van der Waals surface area contributed by atoms with Gasteiger partial charge in [0.05, 0.1) is 5.92 Å². The zero-order valence-corrected chi connectivity index (χ0v) is 12.9. The second-order valence-corrected chi connectivity index (χ2v) is 5.75. The van der Waals surface area contributed by atoms with E-state index in [0.29, 0.717) is 11.8 Å². The van der Waals surface area contributed by atoms with E-state index in [1.807, 2.05) is 17.0 Å². The molecule has 0 radical (unpaired) electrons. The number of fused-ring (bicyclic) bond motifs is 1. The van der Waals surface area contributed by atoms with E-state index in [1.165, 1.54) is 0 Å². The Bertz CT molecular complexity index is 458. The van der Waals surface area contributed by atoms with Gasteiger partial charge in [-0.25, -0.2) is 0 Å². The number of carbonyl (C=O) groups is 1. The van der Waals surface area contributed by atoms with Gasteiger partial charge in [0, 0.05) is 25.3 Å². The van der Waals surface area contributed by atoms with Crippen molar-refractivity contribution in [3.63, 3.8) is 0 Å². The minimum Gasteiger partial charge on any atom is -0.385 e. The topological polar surface area (TPSA) is 32.3 Å². The average Bonchev–Trinajstić information content (AvgIpc) is 2.51. The van der Waals surface area contributed by atoms with Crippen molar-refractivity contribution in [2.24, 2.45) is 5.92 Å². The number of hydrogen-bond donors (Lipinski definition) is 1. The van der Waals surface area contributed by atoms with E-state index < -0.39 is 0 Å². The van der Waals surface area contributed by atoms with Crippen molar-refractivity contribution >= 4 is 11.6 Å². The molecule has 1 aromatic rings. The van der Waals surface area contributed by atoms with Crippen LogP contribution in [0.5, 0.6) is 0 Å². The average molecular weight is 274 g/mol. The van der Waals surface area contributed by atoms with Gasteiger partial charge in [0.2, 0.25) is 5.91 Å². The van der Waals surface area contributed by atoms with Crippen LogP contribution in [0.15, 0.2) is 24.3 Å². The van der Waals surface area contributed by atoms with Gasteiger partial charge in [0.1, 0.15) is 0 Å². The van der Waals surface area contributed by atoms with Gasteiger partial charge >= 0.3 is 0 Å². The van der Waals surface area contributed by atoms with Gasteiger partial charge in [-0.3, -0.25) is 4.79 Å². The number of anilines is 1. The minimum atomic E-state index is 0.0245. The van der Waals surface area contributed by atoms with Crippen molar-refractivity contribution in [3.8, 4) is 0 Å². The molecular weight excluding hydrogens is 248 g/mol. The molecule has 0 saturated carbocycles. The van der Waals surface area contributed by atoms with Crippen molar-refractivity contribution in [1.29, 1.82) is 0 Å². The summed E-state index contributed by atoms with van der Waals surface area (Å²) in [5.74, 6) is 0.883. The van der Waals surface area contributed by atoms with Crippen molar-refractivity contribution < 1.29 is 4.79 Å². The molecule has 0 aliphatic carbocycles. The summed E-state index contributed by atoms with van der Waals surface area (Å²) in [4.78, 5) is 14.9. The van der Waals surface area contributed by atoms with E-state index in [0.717, 1.165) is 43.7 Å². The zero-order valence-electron chi connectivity index (χ0n) is 12.9. The molecule has 1 heterocycles. The molecule has 1 N–H and O–H groups in total. The number of likely N-dealkylation sites (N-methyl/N-ethyl adjacent to an activating group) is 1. The number of benzene rings is 1. The molecule has 1 aromatic carbocycles. The Hall–Kier alpha value is -1.51. The second-order valence-electron chi connectivity index (χ2n) is 5.75. The second kappa shape index (κ2) is 6.78. The van der Waals surface area contributed by atoms with Gasteiger partial charge in [-0.1, -0.05) is 38.5 Å². The third-order valence-corrected chi connectivity index (χ3v) is 4.31. The van der Waals surface area contributed by atoms with Crippen LogP contribution >= 0.6 is 0 Å². The smallest absolute Gasteiger partial charge is 0.230 e. The Morgan fingerprint density at radius 1 is 1.40 bits per heavy atom. The predicted molar refractivity (Wildman–Crippen MR) is 84.0 cm³/mol. The van der Waals surface area contributed by atoms with Gasteiger partial charge in [-0.05, 0) is 30.9 Å². The van der Waals surface area contributed by atoms with Crippen LogP contribution in [0, 0.1) is 5.92 Å². The number of nitrogens with zero attached hydrogens (tertiary/aromatic N) is 1. The fraction of sp³-hybridized carbons (Fsp3) is 0.588. The lowest BCUT2D eigenvalue weighted by atomic mass is 9.89. The highest BCUT2D eigenvalue weighted by Crippen LogP contribution is 2.32. The summed E-state index contributed by atoms with van der Waals surface area (Å²) in [7, 11) is 0. The van der Waals surface area contributed by atoms with E-state index in [1.54, 1.807) is 0 Å². The van der Waals surface area contributed by atoms with Crippen LogP contribution in [0.3, 0.4) is 0 Å². The van der Waals surface area contributed by atoms with Crippen molar-refractivity contribution in [2.45, 2.75) is 39.5 Å². The molecule has 20 heavy (non-hydrogen) atoms. The van der Waals surface area contributed by atoms with Crippen molar-refractivity contribution in [3.05, 3.63) is 29.8 Å². The number of nitrogens with one attached hydrogen (secondary N) is 1. The molecule has 1 aliphatic rings. The molecular formula is C17H26N2O. The quantitative estimate of drug-likeness (QED) is 0.891. The molecule has 0 aromatic heterocycles. The molecule has 3 nitrogen and oxygen atoms in total. The number of carbonyl (C=O) groups excluding carboxylic acids is 1. The summed E-state index contributed by atoms with van der Waals surface area (Å²) < 4.78 is 0. The lowest BCUT2D eigenvalue weighted by Gasteiger charge is -2.32. The first-order valence-electron chi connectivity index (χ1n) is 7.78. The molecule has 1 amide bonds. The highest BCUT2D eigenvalue weighted by molar-refractivity contribution is 5.86. The Morgan fingerprint density at radius 2 is 2.15 bits per heavy atom. The van der Waals surface area contributed by atoms with Gasteiger partial charge < -0.3 is 10.2 Å². The van der Waals surface area contributed by atoms with Crippen LogP contribution in [0.2, 0.25) is 0 Å². The molecule has 2 rings (SSSR count). The zero-order chi connectivity index (χ0) is 14.5. The summed E-state index contributed by atoms with van der Waals surface area (Å²) >= 11 is 0. The summed E-state index contributed by atoms with van der Waals surface area (Å²) in [6.07, 6.45) is 2.01. The lowest BCUT2D eigenvalue weighted by Crippen LogP contribution is -2.39. The largest absolute Gasteiger partial charge is 0.385 e. The SMILES string of the molecule is CCC(C)CN(CC)C(=O)C1CCNc2ccccc21. The summed E-state index contributed by atoms with van der Waals surface area (Å²) in [5, 5.41) is 3.39. The molecule has 0 fully saturated rings. The normalized spacial score (nSPS) is 18.9. The Morgan fingerprint density at radius 3 is 2.85 bits per heavy atom. The minimum absolute atomic E-state index is 0.0245. The van der Waals surface area contributed by atoms with E-state index in [2.05, 4.69) is 38.2 Å². The van der Waals surface area contributed by atoms with Gasteiger partial charge in [0.25, 0.3) is 0 Å². The third-order valence-electron chi connectivity index (χ3n) is 4.31. The summed E-state index contributed by atoms with van der Waals surface area (Å²) in [6, 6.07) is 8.20. The van der Waals surface area contributed by atoms with Gasteiger partial charge in [0.15, 0.2) is 0 Å². The fourth-order valence-corrected chi connectivity index (χ4v) is 2.83. The van der Waals surface area contributed by atoms with E-state index in [9.17, 15) is 4.79 Å². The molecule has 0 spiro atoms. The Labute approximate surface area is 122 Å². The maximum Gasteiger partial charge on any atom is 0.230 e. The number of rotatable bonds is 5. The van der Waals surface area contributed by atoms with Crippen LogP contribution in [0.25, 0.3) is 0 Å². The Kier molecular flexibility index (Phi) is 5.05. The van der Waals surface area contributed by atoms with Crippen LogP contribution in [-0.2, 0) is 4.79 Å². The summed E-state index contributed by atoms with van der Waals surface area (Å²) in [6.45, 7) is 9.03. The monoisotopic (exact) mass is 274 g/mol. The maximum atomic E-state index is 12.8. The Balaban J connectivity index is 2.16. The van der Waals surface area contributed by atoms with E-state index >= 15 is 0 Å². The first-order valence-corrected chi connectivity index (χ1v) is 7.78. The first-order chi connectivity index (χ1) is 9.67. The number of amides is 1. The lowest BCUT2D eigenvalue weighted by molar-refractivity contribution is -0.133. The summed E-state index contributed by atoms with van der Waals surface area (Å²) in [5.41, 5.74) is 2.28. The van der Waals surface area contributed by atoms with Crippen LogP contribution in [-0.4, -0.2) is 30.4 Å². The fourth-order valence-electron chi connectivity index (χ4n) is 2.83. The van der Waals surface area contributed by atoms with Crippen LogP contribution < -0.4 is 5.32 Å². The molecule has 0 bridgehead atoms. The molecule has 3 heteroatoms. The highest BCUT2D eigenvalue weighted by atomic mass is 16.2. The van der Waals surface area contributed by atoms with Gasteiger partial charge in [-0.15, -0.1) is 0 Å². The van der Waals surface area contributed by atoms with Crippen molar-refractivity contribution in [1.82, 2.24) is 4.90 Å². The molecule has 0 saturated heterocycles. The number of hydrogen-bond acceptors (Lipinski definition) is 2. The molecule has 2 atom stereocenters. The van der Waals surface area contributed by atoms with Gasteiger partial charge in [-0.2, -0.15) is 0 Å². The molecule has 2 unspecified atom stereocenters. The van der Waals surface area contributed by atoms with E-state index in [4.69, 9.17) is 0 Å². The maximum absolute atomic E-state index is 12.8. The standard InChI is InChI=1S/C17H26N2O/c1-4-13(3)12-19(5-2)17(20)15-10-11-18-16-9-7-6-8-14(15)16/h6-9,13,15,18H,4-5,10-12H2,1-3H3. The van der Waals surface area contributed by atoms with E-state index in [-0.39, 0.29) is 5.92 Å². The predicted octanol–water partition coefficient (Wildman–Crippen LogP) is 3.48. The van der Waals surface area contributed by atoms with Crippen LogP contribution in [0.1, 0.15) is 45.1 Å². The highest BCUT2D eigenvalue weighted by Gasteiger charge is 2.29. The molecule has 110 valence electrons. The third kappa shape index (κ3) is 3.14. The number of para-hydroxylation sites is 1. The first kappa shape index (κ1) is 14.9.